The van der Waals surface area contributed by atoms with Crippen LogP contribution in [-0.4, -0.2) is 23.7 Å². The van der Waals surface area contributed by atoms with Crippen molar-refractivity contribution in [1.82, 2.24) is 5.32 Å². The van der Waals surface area contributed by atoms with E-state index in [9.17, 15) is 9.90 Å². The molecule has 0 radical (unpaired) electrons. The number of nitrogens with one attached hydrogen (secondary N) is 1. The van der Waals surface area contributed by atoms with Crippen molar-refractivity contribution in [3.63, 3.8) is 0 Å². The van der Waals surface area contributed by atoms with Gasteiger partial charge in [0.05, 0.1) is 6.10 Å². The fourth-order valence-electron chi connectivity index (χ4n) is 2.54. The van der Waals surface area contributed by atoms with E-state index in [1.54, 1.807) is 6.92 Å². The zero-order chi connectivity index (χ0) is 14.4. The van der Waals surface area contributed by atoms with Gasteiger partial charge in [0.15, 0.2) is 0 Å². The molecule has 0 aliphatic heterocycles. The third kappa shape index (κ3) is 5.33. The summed E-state index contributed by atoms with van der Waals surface area (Å²) in [6.45, 7) is 2.41. The Hall–Kier alpha value is -1.35. The summed E-state index contributed by atoms with van der Waals surface area (Å²) in [5.74, 6) is 1.12. The number of hydrogen-bond acceptors (Lipinski definition) is 2. The maximum atomic E-state index is 11.8. The molecule has 0 spiro atoms. The minimum Gasteiger partial charge on any atom is -0.393 e. The smallest absolute Gasteiger partial charge is 0.220 e. The van der Waals surface area contributed by atoms with Gasteiger partial charge in [0.2, 0.25) is 5.91 Å². The van der Waals surface area contributed by atoms with E-state index < -0.39 is 0 Å². The lowest BCUT2D eigenvalue weighted by molar-refractivity contribution is -0.121. The molecule has 0 heterocycles. The van der Waals surface area contributed by atoms with Gasteiger partial charge in [-0.2, -0.15) is 0 Å². The van der Waals surface area contributed by atoms with Crippen LogP contribution in [0.5, 0.6) is 0 Å². The maximum Gasteiger partial charge on any atom is 0.220 e. The zero-order valence-corrected chi connectivity index (χ0v) is 12.2. The largest absolute Gasteiger partial charge is 0.393 e. The first kappa shape index (κ1) is 15.0. The van der Waals surface area contributed by atoms with Gasteiger partial charge in [0.1, 0.15) is 0 Å². The van der Waals surface area contributed by atoms with E-state index in [0.717, 1.165) is 12.3 Å². The second-order valence-electron chi connectivity index (χ2n) is 5.98. The third-order valence-corrected chi connectivity index (χ3v) is 3.92. The van der Waals surface area contributed by atoms with Crippen molar-refractivity contribution in [3.05, 3.63) is 35.9 Å². The normalized spacial score (nSPS) is 17.5. The van der Waals surface area contributed by atoms with Gasteiger partial charge in [0, 0.05) is 18.9 Å². The van der Waals surface area contributed by atoms with E-state index in [-0.39, 0.29) is 17.9 Å². The molecule has 1 aromatic rings. The summed E-state index contributed by atoms with van der Waals surface area (Å²) in [5, 5.41) is 12.6. The number of amides is 1. The molecule has 1 aliphatic carbocycles. The molecule has 1 aromatic carbocycles. The standard InChI is InChI=1S/C17H25NO2/c1-13(19)11-16(15-5-3-2-4-6-15)12-18-17(20)10-9-14-7-8-14/h2-6,13-14,16,19H,7-12H2,1H3,(H,18,20). The van der Waals surface area contributed by atoms with E-state index >= 15 is 0 Å². The highest BCUT2D eigenvalue weighted by molar-refractivity contribution is 5.75. The fourth-order valence-corrected chi connectivity index (χ4v) is 2.54. The van der Waals surface area contributed by atoms with Crippen LogP contribution >= 0.6 is 0 Å². The molecule has 1 fully saturated rings. The van der Waals surface area contributed by atoms with Crippen LogP contribution in [0, 0.1) is 5.92 Å². The molecule has 2 unspecified atom stereocenters. The Bertz CT molecular complexity index is 412. The monoisotopic (exact) mass is 275 g/mol. The lowest BCUT2D eigenvalue weighted by atomic mass is 9.93. The van der Waals surface area contributed by atoms with Crippen molar-refractivity contribution in [2.75, 3.05) is 6.54 Å². The van der Waals surface area contributed by atoms with Gasteiger partial charge in [-0.15, -0.1) is 0 Å². The fraction of sp³-hybridized carbons (Fsp3) is 0.588. The predicted molar refractivity (Wildman–Crippen MR) is 80.4 cm³/mol. The van der Waals surface area contributed by atoms with Crippen LogP contribution in [0.25, 0.3) is 0 Å². The number of hydrogen-bond donors (Lipinski definition) is 2. The Balaban J connectivity index is 1.82. The highest BCUT2D eigenvalue weighted by Crippen LogP contribution is 2.33. The van der Waals surface area contributed by atoms with Crippen molar-refractivity contribution in [2.45, 2.75) is 51.0 Å². The SMILES string of the molecule is CC(O)CC(CNC(=O)CCC1CC1)c1ccccc1. The third-order valence-electron chi connectivity index (χ3n) is 3.92. The van der Waals surface area contributed by atoms with Crippen LogP contribution in [0.15, 0.2) is 30.3 Å². The molecule has 1 aliphatic rings. The van der Waals surface area contributed by atoms with Crippen molar-refractivity contribution in [1.29, 1.82) is 0 Å². The summed E-state index contributed by atoms with van der Waals surface area (Å²) in [4.78, 5) is 11.8. The summed E-state index contributed by atoms with van der Waals surface area (Å²) >= 11 is 0. The Morgan fingerprint density at radius 2 is 2.05 bits per heavy atom. The molecule has 110 valence electrons. The van der Waals surface area contributed by atoms with Crippen molar-refractivity contribution in [2.24, 2.45) is 5.92 Å². The average Bonchev–Trinajstić information content (AvgIpc) is 3.26. The molecule has 0 aromatic heterocycles. The van der Waals surface area contributed by atoms with Crippen molar-refractivity contribution in [3.8, 4) is 0 Å². The molecule has 0 saturated heterocycles. The van der Waals surface area contributed by atoms with Crippen LogP contribution in [-0.2, 0) is 4.79 Å². The zero-order valence-electron chi connectivity index (χ0n) is 12.2. The summed E-state index contributed by atoms with van der Waals surface area (Å²) in [6, 6.07) is 10.1. The van der Waals surface area contributed by atoms with Crippen LogP contribution in [0.3, 0.4) is 0 Å². The lowest BCUT2D eigenvalue weighted by Crippen LogP contribution is -2.29. The maximum absolute atomic E-state index is 11.8. The van der Waals surface area contributed by atoms with E-state index in [0.29, 0.717) is 19.4 Å². The molecular formula is C17H25NO2. The second-order valence-corrected chi connectivity index (χ2v) is 5.98. The van der Waals surface area contributed by atoms with E-state index in [1.165, 1.54) is 18.4 Å². The molecule has 1 saturated carbocycles. The number of rotatable bonds is 8. The van der Waals surface area contributed by atoms with Gasteiger partial charge in [-0.25, -0.2) is 0 Å². The minimum absolute atomic E-state index is 0.142. The van der Waals surface area contributed by atoms with Gasteiger partial charge < -0.3 is 10.4 Å². The predicted octanol–water partition coefficient (Wildman–Crippen LogP) is 2.85. The summed E-state index contributed by atoms with van der Waals surface area (Å²) in [7, 11) is 0. The highest BCUT2D eigenvalue weighted by Gasteiger charge is 2.22. The second kappa shape index (κ2) is 7.44. The Morgan fingerprint density at radius 3 is 2.65 bits per heavy atom. The number of aliphatic hydroxyl groups excluding tert-OH is 1. The first-order valence-electron chi connectivity index (χ1n) is 7.65. The van der Waals surface area contributed by atoms with Gasteiger partial charge >= 0.3 is 0 Å². The minimum atomic E-state index is -0.358. The van der Waals surface area contributed by atoms with E-state index in [2.05, 4.69) is 17.4 Å². The molecule has 3 heteroatoms. The molecule has 1 amide bonds. The molecule has 2 atom stereocenters. The molecular weight excluding hydrogens is 250 g/mol. The van der Waals surface area contributed by atoms with Crippen molar-refractivity contribution < 1.29 is 9.90 Å². The van der Waals surface area contributed by atoms with Crippen LogP contribution in [0.1, 0.15) is 50.5 Å². The number of carbonyl (C=O) groups is 1. The van der Waals surface area contributed by atoms with E-state index in [4.69, 9.17) is 0 Å². The molecule has 3 nitrogen and oxygen atoms in total. The van der Waals surface area contributed by atoms with Gasteiger partial charge in [-0.3, -0.25) is 4.79 Å². The van der Waals surface area contributed by atoms with Gasteiger partial charge in [0.25, 0.3) is 0 Å². The number of aliphatic hydroxyl groups is 1. The average molecular weight is 275 g/mol. The van der Waals surface area contributed by atoms with Crippen LogP contribution in [0.4, 0.5) is 0 Å². The molecule has 20 heavy (non-hydrogen) atoms. The first-order chi connectivity index (χ1) is 9.65. The van der Waals surface area contributed by atoms with Gasteiger partial charge in [-0.05, 0) is 31.2 Å². The van der Waals surface area contributed by atoms with Gasteiger partial charge in [-0.1, -0.05) is 43.2 Å². The first-order valence-corrected chi connectivity index (χ1v) is 7.65. The molecule has 0 bridgehead atoms. The van der Waals surface area contributed by atoms with E-state index in [1.807, 2.05) is 18.2 Å². The number of benzene rings is 1. The lowest BCUT2D eigenvalue weighted by Gasteiger charge is -2.19. The summed E-state index contributed by atoms with van der Waals surface area (Å²) in [6.07, 6.45) is 4.57. The Morgan fingerprint density at radius 1 is 1.35 bits per heavy atom. The number of carbonyl (C=O) groups excluding carboxylic acids is 1. The topological polar surface area (TPSA) is 49.3 Å². The Kier molecular flexibility index (Phi) is 5.60. The molecule has 2 rings (SSSR count). The summed E-state index contributed by atoms with van der Waals surface area (Å²) in [5.41, 5.74) is 1.18. The summed E-state index contributed by atoms with van der Waals surface area (Å²) < 4.78 is 0. The Labute approximate surface area is 121 Å². The van der Waals surface area contributed by atoms with Crippen LogP contribution in [0.2, 0.25) is 0 Å². The quantitative estimate of drug-likeness (QED) is 0.766. The van der Waals surface area contributed by atoms with Crippen LogP contribution < -0.4 is 5.32 Å². The van der Waals surface area contributed by atoms with Crippen molar-refractivity contribution >= 4 is 5.91 Å². The highest BCUT2D eigenvalue weighted by atomic mass is 16.3. The molecule has 2 N–H and O–H groups in total.